The molecule has 1 aliphatic heterocycles. The number of aromatic nitrogens is 2. The van der Waals surface area contributed by atoms with Gasteiger partial charge in [0.05, 0.1) is 21.8 Å². The van der Waals surface area contributed by atoms with E-state index in [0.717, 1.165) is 57.7 Å². The number of pyridine rings is 1. The van der Waals surface area contributed by atoms with Crippen LogP contribution in [0.15, 0.2) is 18.2 Å². The minimum Gasteiger partial charge on any atom is -0.492 e. The Morgan fingerprint density at radius 1 is 1.35 bits per heavy atom. The molecule has 0 saturated carbocycles. The van der Waals surface area contributed by atoms with Gasteiger partial charge in [0, 0.05) is 24.4 Å². The lowest BCUT2D eigenvalue weighted by Crippen LogP contribution is -2.29. The Labute approximate surface area is 156 Å². The maximum Gasteiger partial charge on any atom is 0.222 e. The zero-order valence-corrected chi connectivity index (χ0v) is 15.6. The molecule has 136 valence electrons. The van der Waals surface area contributed by atoms with Gasteiger partial charge in [-0.1, -0.05) is 6.92 Å². The maximum absolute atomic E-state index is 11.6. The summed E-state index contributed by atoms with van der Waals surface area (Å²) in [4.78, 5) is 22.6. The highest BCUT2D eigenvalue weighted by atomic mass is 32.1. The lowest BCUT2D eigenvalue weighted by Gasteiger charge is -2.15. The van der Waals surface area contributed by atoms with Gasteiger partial charge in [-0.05, 0) is 31.4 Å². The van der Waals surface area contributed by atoms with Crippen molar-refractivity contribution in [2.75, 3.05) is 25.4 Å². The predicted octanol–water partition coefficient (Wildman–Crippen LogP) is 3.38. The largest absolute Gasteiger partial charge is 0.492 e. The molecule has 26 heavy (non-hydrogen) atoms. The van der Waals surface area contributed by atoms with Crippen LogP contribution >= 0.6 is 11.3 Å². The van der Waals surface area contributed by atoms with Crippen LogP contribution in [0.1, 0.15) is 31.2 Å². The predicted molar refractivity (Wildman–Crippen MR) is 105 cm³/mol. The second-order valence-corrected chi connectivity index (χ2v) is 7.63. The quantitative estimate of drug-likeness (QED) is 0.719. The molecule has 0 atom stereocenters. The van der Waals surface area contributed by atoms with Gasteiger partial charge in [0.2, 0.25) is 5.91 Å². The number of aryl methyl sites for hydroxylation is 1. The van der Waals surface area contributed by atoms with E-state index in [-0.39, 0.29) is 5.91 Å². The van der Waals surface area contributed by atoms with Crippen LogP contribution in [0.5, 0.6) is 5.75 Å². The minimum atomic E-state index is 0.219. The Bertz CT molecular complexity index is 969. The molecule has 6 nitrogen and oxygen atoms in total. The molecule has 2 N–H and O–H groups in total. The second kappa shape index (κ2) is 7.07. The van der Waals surface area contributed by atoms with Gasteiger partial charge in [-0.2, -0.15) is 0 Å². The smallest absolute Gasteiger partial charge is 0.222 e. The number of nitrogen functional groups attached to an aromatic ring is 1. The first-order valence-electron chi connectivity index (χ1n) is 9.05. The van der Waals surface area contributed by atoms with Crippen LogP contribution < -0.4 is 10.5 Å². The second-order valence-electron chi connectivity index (χ2n) is 6.54. The number of carbonyl (C=O) groups excluding carboxylic acids is 1. The van der Waals surface area contributed by atoms with E-state index in [1.165, 1.54) is 0 Å². The van der Waals surface area contributed by atoms with Crippen LogP contribution in [0, 0.1) is 0 Å². The van der Waals surface area contributed by atoms with Crippen LogP contribution in [-0.4, -0.2) is 40.5 Å². The van der Waals surface area contributed by atoms with Crippen molar-refractivity contribution >= 4 is 44.2 Å². The highest BCUT2D eigenvalue weighted by Crippen LogP contribution is 2.34. The fraction of sp³-hybridized carbons (Fsp3) is 0.421. The van der Waals surface area contributed by atoms with Crippen LogP contribution in [0.25, 0.3) is 21.1 Å². The number of anilines is 1. The molecule has 0 spiro atoms. The number of fused-ring (bicyclic) bond motifs is 3. The van der Waals surface area contributed by atoms with Crippen LogP contribution in [-0.2, 0) is 11.2 Å². The first-order valence-corrected chi connectivity index (χ1v) is 9.86. The lowest BCUT2D eigenvalue weighted by atomic mass is 10.2. The van der Waals surface area contributed by atoms with Gasteiger partial charge in [-0.25, -0.2) is 9.97 Å². The Morgan fingerprint density at radius 3 is 3.00 bits per heavy atom. The van der Waals surface area contributed by atoms with Crippen molar-refractivity contribution in [2.45, 2.75) is 32.6 Å². The molecule has 0 aliphatic carbocycles. The zero-order chi connectivity index (χ0) is 18.1. The van der Waals surface area contributed by atoms with Crippen molar-refractivity contribution in [1.29, 1.82) is 0 Å². The van der Waals surface area contributed by atoms with E-state index in [1.807, 2.05) is 23.1 Å². The van der Waals surface area contributed by atoms with E-state index in [9.17, 15) is 4.79 Å². The summed E-state index contributed by atoms with van der Waals surface area (Å²) in [7, 11) is 0. The molecule has 1 fully saturated rings. The van der Waals surface area contributed by atoms with E-state index < -0.39 is 0 Å². The van der Waals surface area contributed by atoms with Gasteiger partial charge >= 0.3 is 0 Å². The molecule has 3 heterocycles. The molecule has 2 aromatic heterocycles. The van der Waals surface area contributed by atoms with Gasteiger partial charge in [0.1, 0.15) is 17.9 Å². The van der Waals surface area contributed by atoms with Crippen molar-refractivity contribution in [1.82, 2.24) is 14.9 Å². The third kappa shape index (κ3) is 3.19. The molecule has 7 heteroatoms. The molecule has 3 aromatic rings. The average Bonchev–Trinajstić information content (AvgIpc) is 3.22. The number of nitrogens with two attached hydrogens (primary N) is 1. The van der Waals surface area contributed by atoms with E-state index in [2.05, 4.69) is 16.9 Å². The Morgan fingerprint density at radius 2 is 2.23 bits per heavy atom. The molecule has 1 aromatic carbocycles. The van der Waals surface area contributed by atoms with Crippen LogP contribution in [0.4, 0.5) is 5.82 Å². The Kier molecular flexibility index (Phi) is 4.63. The van der Waals surface area contributed by atoms with E-state index in [4.69, 9.17) is 10.5 Å². The summed E-state index contributed by atoms with van der Waals surface area (Å²) in [5, 5.41) is 2.15. The SMILES string of the molecule is CCCc1nc2c(N)nc3cc(OCCN4CCCC4=O)ccc3c2s1. The number of amides is 1. The van der Waals surface area contributed by atoms with Gasteiger partial charge in [-0.15, -0.1) is 11.3 Å². The summed E-state index contributed by atoms with van der Waals surface area (Å²) < 4.78 is 6.92. The van der Waals surface area contributed by atoms with Gasteiger partial charge in [0.15, 0.2) is 5.82 Å². The van der Waals surface area contributed by atoms with Crippen molar-refractivity contribution in [2.24, 2.45) is 0 Å². The van der Waals surface area contributed by atoms with Gasteiger partial charge in [-0.3, -0.25) is 4.79 Å². The number of rotatable bonds is 6. The number of likely N-dealkylation sites (tertiary alicyclic amines) is 1. The molecule has 4 rings (SSSR count). The van der Waals surface area contributed by atoms with Crippen molar-refractivity contribution < 1.29 is 9.53 Å². The standard InChI is InChI=1S/C19H22N4O2S/c1-2-4-15-22-17-18(26-15)13-7-6-12(11-14(13)21-19(17)20)25-10-9-23-8-3-5-16(23)24/h6-7,11H,2-5,8-10H2,1H3,(H2,20,21). The minimum absolute atomic E-state index is 0.219. The Hall–Kier alpha value is -2.41. The number of ether oxygens (including phenoxy) is 1. The number of nitrogens with zero attached hydrogens (tertiary/aromatic N) is 3. The molecule has 1 saturated heterocycles. The average molecular weight is 370 g/mol. The molecule has 0 bridgehead atoms. The van der Waals surface area contributed by atoms with Crippen LogP contribution in [0.2, 0.25) is 0 Å². The molecular weight excluding hydrogens is 348 g/mol. The summed E-state index contributed by atoms with van der Waals surface area (Å²) in [6.07, 6.45) is 3.62. The van der Waals surface area contributed by atoms with Crippen molar-refractivity contribution in [3.63, 3.8) is 0 Å². The molecule has 1 aliphatic rings. The first kappa shape index (κ1) is 17.0. The number of thiazole rings is 1. The van der Waals surface area contributed by atoms with E-state index >= 15 is 0 Å². The summed E-state index contributed by atoms with van der Waals surface area (Å²) in [5.41, 5.74) is 7.74. The van der Waals surface area contributed by atoms with Crippen molar-refractivity contribution in [3.8, 4) is 5.75 Å². The number of hydrogen-bond donors (Lipinski definition) is 1. The third-order valence-corrected chi connectivity index (χ3v) is 5.78. The Balaban J connectivity index is 1.56. The van der Waals surface area contributed by atoms with Gasteiger partial charge in [0.25, 0.3) is 0 Å². The lowest BCUT2D eigenvalue weighted by molar-refractivity contribution is -0.128. The highest BCUT2D eigenvalue weighted by molar-refractivity contribution is 7.19. The number of hydrogen-bond acceptors (Lipinski definition) is 6. The zero-order valence-electron chi connectivity index (χ0n) is 14.8. The fourth-order valence-corrected chi connectivity index (χ4v) is 4.53. The number of carbonyl (C=O) groups is 1. The van der Waals surface area contributed by atoms with E-state index in [1.54, 1.807) is 11.3 Å². The first-order chi connectivity index (χ1) is 12.7. The van der Waals surface area contributed by atoms with Gasteiger partial charge < -0.3 is 15.4 Å². The van der Waals surface area contributed by atoms with Crippen LogP contribution in [0.3, 0.4) is 0 Å². The summed E-state index contributed by atoms with van der Waals surface area (Å²) in [6.45, 7) is 4.09. The topological polar surface area (TPSA) is 81.3 Å². The molecule has 1 amide bonds. The third-order valence-electron chi connectivity index (χ3n) is 4.63. The molecular formula is C19H22N4O2S. The number of benzene rings is 1. The summed E-state index contributed by atoms with van der Waals surface area (Å²) in [6, 6.07) is 5.88. The highest BCUT2D eigenvalue weighted by Gasteiger charge is 2.19. The fourth-order valence-electron chi connectivity index (χ4n) is 3.32. The monoisotopic (exact) mass is 370 g/mol. The molecule has 0 radical (unpaired) electrons. The van der Waals surface area contributed by atoms with Crippen molar-refractivity contribution in [3.05, 3.63) is 23.2 Å². The normalized spacial score (nSPS) is 14.7. The molecule has 0 unspecified atom stereocenters. The van der Waals surface area contributed by atoms with E-state index in [0.29, 0.717) is 25.4 Å². The summed E-state index contributed by atoms with van der Waals surface area (Å²) in [5.74, 6) is 1.43. The summed E-state index contributed by atoms with van der Waals surface area (Å²) >= 11 is 1.69. The maximum atomic E-state index is 11.6.